The fourth-order valence-corrected chi connectivity index (χ4v) is 2.87. The molecule has 0 spiro atoms. The molecule has 0 radical (unpaired) electrons. The van der Waals surface area contributed by atoms with Crippen LogP contribution in [0.1, 0.15) is 17.3 Å². The summed E-state index contributed by atoms with van der Waals surface area (Å²) in [4.78, 5) is 14.1. The lowest BCUT2D eigenvalue weighted by Gasteiger charge is -2.22. The Morgan fingerprint density at radius 3 is 2.72 bits per heavy atom. The van der Waals surface area contributed by atoms with E-state index >= 15 is 0 Å². The van der Waals surface area contributed by atoms with Gasteiger partial charge in [-0.3, -0.25) is 4.79 Å². The molecule has 1 heterocycles. The second-order valence-corrected chi connectivity index (χ2v) is 6.04. The van der Waals surface area contributed by atoms with E-state index in [0.29, 0.717) is 17.8 Å². The minimum absolute atomic E-state index is 0.0302. The normalized spacial score (nSPS) is 10.3. The predicted molar refractivity (Wildman–Crippen MR) is 80.2 cm³/mol. The first kappa shape index (κ1) is 13.1. The van der Waals surface area contributed by atoms with Crippen molar-refractivity contribution in [2.24, 2.45) is 0 Å². The highest BCUT2D eigenvalue weighted by molar-refractivity contribution is 9.11. The fraction of sp³-hybridized carbons (Fsp3) is 0.154. The summed E-state index contributed by atoms with van der Waals surface area (Å²) in [7, 11) is 0. The fourth-order valence-electron chi connectivity index (χ4n) is 1.73. The molecule has 0 aliphatic heterocycles. The number of nitrogen functional groups attached to an aromatic ring is 1. The molecule has 0 saturated heterocycles. The molecular weight excluding hydrogens is 312 g/mol. The van der Waals surface area contributed by atoms with Gasteiger partial charge in [0.1, 0.15) is 0 Å². The van der Waals surface area contributed by atoms with Crippen molar-refractivity contribution >= 4 is 44.5 Å². The number of halogens is 1. The molecule has 1 amide bonds. The highest BCUT2D eigenvalue weighted by Gasteiger charge is 2.18. The van der Waals surface area contributed by atoms with Gasteiger partial charge in [-0.1, -0.05) is 12.1 Å². The topological polar surface area (TPSA) is 46.3 Å². The van der Waals surface area contributed by atoms with E-state index in [1.165, 1.54) is 11.3 Å². The molecule has 2 rings (SSSR count). The van der Waals surface area contributed by atoms with Gasteiger partial charge < -0.3 is 10.6 Å². The van der Waals surface area contributed by atoms with Crippen LogP contribution < -0.4 is 10.6 Å². The van der Waals surface area contributed by atoms with E-state index in [0.717, 1.165) is 9.47 Å². The third-order valence-electron chi connectivity index (χ3n) is 2.60. The molecule has 3 nitrogen and oxygen atoms in total. The quantitative estimate of drug-likeness (QED) is 0.874. The Morgan fingerprint density at radius 2 is 2.17 bits per heavy atom. The Kier molecular flexibility index (Phi) is 4.04. The van der Waals surface area contributed by atoms with Crippen molar-refractivity contribution in [1.82, 2.24) is 0 Å². The summed E-state index contributed by atoms with van der Waals surface area (Å²) in [6, 6.07) is 9.23. The van der Waals surface area contributed by atoms with Crippen molar-refractivity contribution < 1.29 is 4.79 Å². The number of nitrogens with two attached hydrogens (primary N) is 1. The van der Waals surface area contributed by atoms with E-state index in [4.69, 9.17) is 5.73 Å². The number of nitrogens with zero attached hydrogens (tertiary/aromatic N) is 1. The van der Waals surface area contributed by atoms with Crippen molar-refractivity contribution in [3.8, 4) is 0 Å². The van der Waals surface area contributed by atoms with Crippen LogP contribution in [0.4, 0.5) is 11.4 Å². The van der Waals surface area contributed by atoms with Gasteiger partial charge in [0.05, 0.1) is 20.7 Å². The number of rotatable bonds is 3. The highest BCUT2D eigenvalue weighted by atomic mass is 79.9. The minimum atomic E-state index is -0.0302. The Morgan fingerprint density at radius 1 is 1.44 bits per heavy atom. The Hall–Kier alpha value is -1.33. The SMILES string of the molecule is CCN(C(=O)c1csc(Br)c1)c1ccccc1N. The number of para-hydroxylation sites is 2. The van der Waals surface area contributed by atoms with E-state index in [-0.39, 0.29) is 5.91 Å². The molecule has 0 unspecified atom stereocenters. The average Bonchev–Trinajstić information content (AvgIpc) is 2.79. The number of anilines is 2. The first-order valence-electron chi connectivity index (χ1n) is 5.54. The van der Waals surface area contributed by atoms with Gasteiger partial charge in [-0.05, 0) is 41.1 Å². The summed E-state index contributed by atoms with van der Waals surface area (Å²) in [5, 5.41) is 1.84. The number of amides is 1. The Bertz CT molecular complexity index is 568. The molecule has 94 valence electrons. The van der Waals surface area contributed by atoms with Crippen molar-refractivity contribution in [3.63, 3.8) is 0 Å². The van der Waals surface area contributed by atoms with Crippen LogP contribution in [0.15, 0.2) is 39.5 Å². The van der Waals surface area contributed by atoms with Crippen LogP contribution in [-0.2, 0) is 0 Å². The van der Waals surface area contributed by atoms with E-state index in [2.05, 4.69) is 15.9 Å². The van der Waals surface area contributed by atoms with E-state index in [9.17, 15) is 4.79 Å². The second kappa shape index (κ2) is 5.54. The Balaban J connectivity index is 2.35. The standard InChI is InChI=1S/C13H13BrN2OS/c1-2-16(11-6-4-3-5-10(11)15)13(17)9-7-12(14)18-8-9/h3-8H,2,15H2,1H3. The van der Waals surface area contributed by atoms with Crippen molar-refractivity contribution in [3.05, 3.63) is 45.1 Å². The summed E-state index contributed by atoms with van der Waals surface area (Å²) in [6.07, 6.45) is 0. The molecule has 1 aromatic carbocycles. The van der Waals surface area contributed by atoms with Crippen molar-refractivity contribution in [1.29, 1.82) is 0 Å². The molecule has 0 atom stereocenters. The molecule has 0 aliphatic carbocycles. The molecule has 0 aliphatic rings. The zero-order valence-electron chi connectivity index (χ0n) is 9.89. The van der Waals surface area contributed by atoms with Crippen molar-refractivity contribution in [2.45, 2.75) is 6.92 Å². The predicted octanol–water partition coefficient (Wildman–Crippen LogP) is 3.76. The third-order valence-corrected chi connectivity index (χ3v) is 4.11. The van der Waals surface area contributed by atoms with Gasteiger partial charge in [-0.25, -0.2) is 0 Å². The van der Waals surface area contributed by atoms with Crippen LogP contribution in [0.2, 0.25) is 0 Å². The lowest BCUT2D eigenvalue weighted by Crippen LogP contribution is -2.30. The molecular formula is C13H13BrN2OS. The average molecular weight is 325 g/mol. The second-order valence-electron chi connectivity index (χ2n) is 3.75. The third kappa shape index (κ3) is 2.57. The van der Waals surface area contributed by atoms with Crippen molar-refractivity contribution in [2.75, 3.05) is 17.2 Å². The molecule has 2 N–H and O–H groups in total. The maximum atomic E-state index is 12.4. The van der Waals surface area contributed by atoms with Crippen LogP contribution in [-0.4, -0.2) is 12.5 Å². The molecule has 0 saturated carbocycles. The lowest BCUT2D eigenvalue weighted by atomic mass is 10.2. The van der Waals surface area contributed by atoms with Gasteiger partial charge in [0.2, 0.25) is 0 Å². The summed E-state index contributed by atoms with van der Waals surface area (Å²) in [5.74, 6) is -0.0302. The molecule has 1 aromatic heterocycles. The first-order valence-corrected chi connectivity index (χ1v) is 7.21. The maximum Gasteiger partial charge on any atom is 0.259 e. The molecule has 0 bridgehead atoms. The first-order chi connectivity index (χ1) is 8.63. The minimum Gasteiger partial charge on any atom is -0.397 e. The molecule has 18 heavy (non-hydrogen) atoms. The van der Waals surface area contributed by atoms with Crippen LogP contribution in [0, 0.1) is 0 Å². The lowest BCUT2D eigenvalue weighted by molar-refractivity contribution is 0.0989. The molecule has 5 heteroatoms. The zero-order valence-corrected chi connectivity index (χ0v) is 12.3. The smallest absolute Gasteiger partial charge is 0.259 e. The number of carbonyl (C=O) groups excluding carboxylic acids is 1. The van der Waals surface area contributed by atoms with Crippen LogP contribution in [0.3, 0.4) is 0 Å². The number of carbonyl (C=O) groups is 1. The van der Waals surface area contributed by atoms with Gasteiger partial charge in [-0.15, -0.1) is 11.3 Å². The van der Waals surface area contributed by atoms with Gasteiger partial charge in [0.15, 0.2) is 0 Å². The van der Waals surface area contributed by atoms with Gasteiger partial charge in [0.25, 0.3) is 5.91 Å². The number of thiophene rings is 1. The molecule has 2 aromatic rings. The number of hydrogen-bond acceptors (Lipinski definition) is 3. The van der Waals surface area contributed by atoms with Crippen LogP contribution >= 0.6 is 27.3 Å². The van der Waals surface area contributed by atoms with Gasteiger partial charge in [0, 0.05) is 11.9 Å². The van der Waals surface area contributed by atoms with Crippen LogP contribution in [0.25, 0.3) is 0 Å². The van der Waals surface area contributed by atoms with Gasteiger partial charge in [-0.2, -0.15) is 0 Å². The maximum absolute atomic E-state index is 12.4. The summed E-state index contributed by atoms with van der Waals surface area (Å²) in [6.45, 7) is 2.52. The molecule has 0 fully saturated rings. The summed E-state index contributed by atoms with van der Waals surface area (Å²) < 4.78 is 0.947. The van der Waals surface area contributed by atoms with Gasteiger partial charge >= 0.3 is 0 Å². The number of hydrogen-bond donors (Lipinski definition) is 1. The van der Waals surface area contributed by atoms with Crippen LogP contribution in [0.5, 0.6) is 0 Å². The van der Waals surface area contributed by atoms with E-state index in [1.807, 2.05) is 36.6 Å². The number of benzene rings is 1. The van der Waals surface area contributed by atoms with E-state index < -0.39 is 0 Å². The Labute approximate surface area is 118 Å². The largest absolute Gasteiger partial charge is 0.397 e. The highest BCUT2D eigenvalue weighted by Crippen LogP contribution is 2.27. The summed E-state index contributed by atoms with van der Waals surface area (Å²) in [5.41, 5.74) is 7.97. The zero-order chi connectivity index (χ0) is 13.1. The summed E-state index contributed by atoms with van der Waals surface area (Å²) >= 11 is 4.86. The van der Waals surface area contributed by atoms with E-state index in [1.54, 1.807) is 11.0 Å². The monoisotopic (exact) mass is 324 g/mol.